The van der Waals surface area contributed by atoms with E-state index in [4.69, 9.17) is 14.2 Å². The van der Waals surface area contributed by atoms with Gasteiger partial charge >= 0.3 is 17.9 Å². The second-order valence-electron chi connectivity index (χ2n) is 24.8. The molecule has 0 aromatic carbocycles. The molecule has 0 aromatic rings. The van der Waals surface area contributed by atoms with Gasteiger partial charge in [-0.2, -0.15) is 0 Å². The standard InChI is InChI=1S/C75H140O6/c1-4-7-10-13-16-19-22-25-27-29-30-31-32-33-34-35-36-37-38-39-40-41-42-43-44-45-47-48-50-53-56-59-62-65-68-74(77)80-71-72(70-79-73(76)67-64-61-58-55-52-24-21-18-15-12-9-6-3)81-75(78)69-66-63-60-57-54-51-49-46-28-26-23-20-17-14-11-8-5-2/h8,11,17,20,26,28,72H,4-7,9-10,12-16,18-19,21-25,27,29-71H2,1-3H3/b11-8-,20-17-,28-26-. The maximum Gasteiger partial charge on any atom is 0.306 e. The van der Waals surface area contributed by atoms with Crippen LogP contribution < -0.4 is 0 Å². The fourth-order valence-electron chi connectivity index (χ4n) is 11.2. The lowest BCUT2D eigenvalue weighted by Gasteiger charge is -2.18. The first kappa shape index (κ1) is 78.6. The zero-order valence-electron chi connectivity index (χ0n) is 54.8. The third-order valence-electron chi connectivity index (χ3n) is 16.7. The zero-order chi connectivity index (χ0) is 58.5. The van der Waals surface area contributed by atoms with Crippen LogP contribution in [0.3, 0.4) is 0 Å². The Balaban J connectivity index is 4.05. The van der Waals surface area contributed by atoms with Crippen LogP contribution in [0.15, 0.2) is 36.5 Å². The van der Waals surface area contributed by atoms with Crippen LogP contribution in [0.4, 0.5) is 0 Å². The maximum absolute atomic E-state index is 12.9. The third-order valence-corrected chi connectivity index (χ3v) is 16.7. The van der Waals surface area contributed by atoms with Crippen LogP contribution in [0.25, 0.3) is 0 Å². The molecule has 0 aliphatic rings. The van der Waals surface area contributed by atoms with Gasteiger partial charge in [-0.1, -0.05) is 372 Å². The predicted molar refractivity (Wildman–Crippen MR) is 353 cm³/mol. The van der Waals surface area contributed by atoms with Crippen molar-refractivity contribution in [2.75, 3.05) is 13.2 Å². The van der Waals surface area contributed by atoms with Crippen molar-refractivity contribution in [2.24, 2.45) is 0 Å². The number of hydrogen-bond acceptors (Lipinski definition) is 6. The van der Waals surface area contributed by atoms with Gasteiger partial charge in [-0.3, -0.25) is 14.4 Å². The molecular weight excluding hydrogens is 997 g/mol. The molecule has 0 spiro atoms. The summed E-state index contributed by atoms with van der Waals surface area (Å²) in [6.45, 7) is 6.59. The number of hydrogen-bond donors (Lipinski definition) is 0. The van der Waals surface area contributed by atoms with Gasteiger partial charge in [0.15, 0.2) is 6.10 Å². The van der Waals surface area contributed by atoms with Crippen molar-refractivity contribution in [3.63, 3.8) is 0 Å². The normalized spacial score (nSPS) is 12.2. The van der Waals surface area contributed by atoms with Gasteiger partial charge in [-0.25, -0.2) is 0 Å². The highest BCUT2D eigenvalue weighted by Crippen LogP contribution is 2.19. The van der Waals surface area contributed by atoms with E-state index in [0.717, 1.165) is 83.5 Å². The second kappa shape index (κ2) is 70.1. The average Bonchev–Trinajstić information content (AvgIpc) is 3.47. The lowest BCUT2D eigenvalue weighted by atomic mass is 10.0. The van der Waals surface area contributed by atoms with E-state index in [0.29, 0.717) is 19.3 Å². The van der Waals surface area contributed by atoms with Crippen molar-refractivity contribution < 1.29 is 28.6 Å². The van der Waals surface area contributed by atoms with Crippen molar-refractivity contribution >= 4 is 17.9 Å². The van der Waals surface area contributed by atoms with E-state index in [2.05, 4.69) is 57.2 Å². The topological polar surface area (TPSA) is 78.9 Å². The first-order valence-corrected chi connectivity index (χ1v) is 36.5. The Labute approximate surface area is 506 Å². The van der Waals surface area contributed by atoms with Crippen molar-refractivity contribution in [2.45, 2.75) is 412 Å². The predicted octanol–water partition coefficient (Wildman–Crippen LogP) is 25.1. The number of rotatable bonds is 68. The number of ether oxygens (including phenoxy) is 3. The van der Waals surface area contributed by atoms with Gasteiger partial charge in [-0.15, -0.1) is 0 Å². The highest BCUT2D eigenvalue weighted by molar-refractivity contribution is 5.71. The van der Waals surface area contributed by atoms with E-state index < -0.39 is 6.10 Å². The lowest BCUT2D eigenvalue weighted by Crippen LogP contribution is -2.30. The average molecular weight is 1140 g/mol. The number of carbonyl (C=O) groups excluding carboxylic acids is 3. The smallest absolute Gasteiger partial charge is 0.306 e. The Kier molecular flexibility index (Phi) is 68.1. The SMILES string of the molecule is CC/C=C\C/C=C\C/C=C\CCCCCCCCCC(=O)OC(COC(=O)CCCCCCCCCCCCCC)COC(=O)CCCCCCCCCCCCCCCCCCCCCCCCCCCCCCCCCCCC. The van der Waals surface area contributed by atoms with E-state index >= 15 is 0 Å². The molecule has 0 aliphatic heterocycles. The number of allylic oxidation sites excluding steroid dienone is 6. The second-order valence-corrected chi connectivity index (χ2v) is 24.8. The molecule has 0 heterocycles. The van der Waals surface area contributed by atoms with Crippen molar-refractivity contribution in [1.29, 1.82) is 0 Å². The summed E-state index contributed by atoms with van der Waals surface area (Å²) in [7, 11) is 0. The molecule has 0 saturated heterocycles. The first-order chi connectivity index (χ1) is 40.0. The monoisotopic (exact) mass is 1140 g/mol. The van der Waals surface area contributed by atoms with E-state index in [1.54, 1.807) is 0 Å². The molecule has 476 valence electrons. The van der Waals surface area contributed by atoms with Gasteiger partial charge in [0.2, 0.25) is 0 Å². The summed E-state index contributed by atoms with van der Waals surface area (Å²) in [5.41, 5.74) is 0. The molecule has 0 N–H and O–H groups in total. The van der Waals surface area contributed by atoms with Crippen LogP contribution in [0.2, 0.25) is 0 Å². The van der Waals surface area contributed by atoms with Gasteiger partial charge < -0.3 is 14.2 Å². The molecule has 1 unspecified atom stereocenters. The molecule has 6 heteroatoms. The van der Waals surface area contributed by atoms with Gasteiger partial charge in [0.25, 0.3) is 0 Å². The van der Waals surface area contributed by atoms with E-state index in [-0.39, 0.29) is 31.1 Å². The van der Waals surface area contributed by atoms with Crippen LogP contribution in [0.1, 0.15) is 406 Å². The van der Waals surface area contributed by atoms with Crippen LogP contribution in [0.5, 0.6) is 0 Å². The quantitative estimate of drug-likeness (QED) is 0.0261. The minimum absolute atomic E-state index is 0.0708. The van der Waals surface area contributed by atoms with Gasteiger partial charge in [0.1, 0.15) is 13.2 Å². The minimum atomic E-state index is -0.775. The molecule has 0 aromatic heterocycles. The summed E-state index contributed by atoms with van der Waals surface area (Å²) in [5, 5.41) is 0. The molecule has 0 amide bonds. The highest BCUT2D eigenvalue weighted by Gasteiger charge is 2.19. The summed E-state index contributed by atoms with van der Waals surface area (Å²) in [4.78, 5) is 38.3. The van der Waals surface area contributed by atoms with Crippen LogP contribution in [-0.2, 0) is 28.6 Å². The summed E-state index contributed by atoms with van der Waals surface area (Å²) in [5.74, 6) is -0.854. The zero-order valence-corrected chi connectivity index (χ0v) is 54.8. The molecular formula is C75H140O6. The van der Waals surface area contributed by atoms with Crippen LogP contribution in [-0.4, -0.2) is 37.2 Å². The molecule has 0 fully saturated rings. The van der Waals surface area contributed by atoms with Gasteiger partial charge in [-0.05, 0) is 51.4 Å². The van der Waals surface area contributed by atoms with E-state index in [9.17, 15) is 14.4 Å². The molecule has 0 bridgehead atoms. The van der Waals surface area contributed by atoms with E-state index in [1.165, 1.54) is 283 Å². The largest absolute Gasteiger partial charge is 0.462 e. The number of esters is 3. The molecule has 0 aliphatic carbocycles. The van der Waals surface area contributed by atoms with Crippen molar-refractivity contribution in [1.82, 2.24) is 0 Å². The fraction of sp³-hybridized carbons (Fsp3) is 0.880. The summed E-state index contributed by atoms with van der Waals surface area (Å²) in [6.07, 6.45) is 87.8. The van der Waals surface area contributed by atoms with Crippen LogP contribution in [0, 0.1) is 0 Å². The van der Waals surface area contributed by atoms with E-state index in [1.807, 2.05) is 0 Å². The third kappa shape index (κ3) is 68.3. The Morgan fingerprint density at radius 2 is 0.481 bits per heavy atom. The number of unbranched alkanes of at least 4 members (excludes halogenated alkanes) is 51. The highest BCUT2D eigenvalue weighted by atomic mass is 16.6. The summed E-state index contributed by atoms with van der Waals surface area (Å²) in [6, 6.07) is 0. The van der Waals surface area contributed by atoms with Crippen molar-refractivity contribution in [3.05, 3.63) is 36.5 Å². The fourth-order valence-corrected chi connectivity index (χ4v) is 11.2. The Bertz CT molecular complexity index is 1350. The molecule has 6 nitrogen and oxygen atoms in total. The number of carbonyl (C=O) groups is 3. The van der Waals surface area contributed by atoms with Crippen LogP contribution >= 0.6 is 0 Å². The molecule has 0 radical (unpaired) electrons. The molecule has 0 saturated carbocycles. The molecule has 1 atom stereocenters. The Morgan fingerprint density at radius 1 is 0.259 bits per heavy atom. The Morgan fingerprint density at radius 3 is 0.753 bits per heavy atom. The first-order valence-electron chi connectivity index (χ1n) is 36.5. The Hall–Kier alpha value is -2.37. The van der Waals surface area contributed by atoms with Gasteiger partial charge in [0.05, 0.1) is 0 Å². The van der Waals surface area contributed by atoms with Crippen molar-refractivity contribution in [3.8, 4) is 0 Å². The van der Waals surface area contributed by atoms with Gasteiger partial charge in [0, 0.05) is 19.3 Å². The summed E-state index contributed by atoms with van der Waals surface area (Å²) >= 11 is 0. The molecule has 0 rings (SSSR count). The minimum Gasteiger partial charge on any atom is -0.462 e. The lowest BCUT2D eigenvalue weighted by molar-refractivity contribution is -0.167. The summed E-state index contributed by atoms with van der Waals surface area (Å²) < 4.78 is 17.0. The molecule has 81 heavy (non-hydrogen) atoms. The maximum atomic E-state index is 12.9.